The first-order valence-electron chi connectivity index (χ1n) is 5.94. The van der Waals surface area contributed by atoms with Gasteiger partial charge >= 0.3 is 0 Å². The minimum absolute atomic E-state index is 0.0862. The molecule has 0 aliphatic heterocycles. The zero-order valence-electron chi connectivity index (χ0n) is 10.8. The molecule has 0 spiro atoms. The fraction of sp³-hybridized carbons (Fsp3) is 0.167. The van der Waals surface area contributed by atoms with Crippen molar-refractivity contribution in [2.75, 3.05) is 17.6 Å². The van der Waals surface area contributed by atoms with Gasteiger partial charge in [-0.3, -0.25) is 14.7 Å². The summed E-state index contributed by atoms with van der Waals surface area (Å²) in [5, 5.41) is 12.1. The van der Waals surface area contributed by atoms with Crippen LogP contribution in [0.4, 0.5) is 5.69 Å². The summed E-state index contributed by atoms with van der Waals surface area (Å²) in [5.41, 5.74) is 0.660. The number of benzene rings is 1. The number of thioether (sulfide) groups is 1. The number of nitrogens with one attached hydrogen (secondary N) is 3. The van der Waals surface area contributed by atoms with Gasteiger partial charge in [0.25, 0.3) is 0 Å². The third-order valence-electron chi connectivity index (χ3n) is 2.33. The molecule has 2 aromatic rings. The van der Waals surface area contributed by atoms with E-state index in [-0.39, 0.29) is 24.1 Å². The van der Waals surface area contributed by atoms with Gasteiger partial charge in [-0.2, -0.15) is 5.10 Å². The molecule has 0 bridgehead atoms. The lowest BCUT2D eigenvalue weighted by Crippen LogP contribution is -2.33. The van der Waals surface area contributed by atoms with Gasteiger partial charge in [0.05, 0.1) is 18.0 Å². The maximum atomic E-state index is 11.7. The molecule has 9 heteroatoms. The van der Waals surface area contributed by atoms with Gasteiger partial charge in [-0.25, -0.2) is 4.98 Å². The molecule has 0 unspecified atom stereocenters. The lowest BCUT2D eigenvalue weighted by molar-refractivity contribution is -0.122. The van der Waals surface area contributed by atoms with Crippen molar-refractivity contribution in [2.24, 2.45) is 0 Å². The van der Waals surface area contributed by atoms with Crippen LogP contribution in [0.25, 0.3) is 0 Å². The number of hydrogen-bond acceptors (Lipinski definition) is 5. The van der Waals surface area contributed by atoms with Crippen molar-refractivity contribution in [1.29, 1.82) is 0 Å². The maximum absolute atomic E-state index is 11.7. The summed E-state index contributed by atoms with van der Waals surface area (Å²) in [6, 6.07) is 7.25. The van der Waals surface area contributed by atoms with Crippen LogP contribution in [0.5, 0.6) is 0 Å². The van der Waals surface area contributed by atoms with Crippen molar-refractivity contribution in [3.05, 3.63) is 35.1 Å². The van der Waals surface area contributed by atoms with Crippen LogP contribution in [0.3, 0.4) is 0 Å². The Balaban J connectivity index is 1.71. The van der Waals surface area contributed by atoms with E-state index in [1.807, 2.05) is 18.2 Å². The first-order chi connectivity index (χ1) is 10.1. The molecule has 1 heterocycles. The summed E-state index contributed by atoms with van der Waals surface area (Å²) in [4.78, 5) is 27.2. The quantitative estimate of drug-likeness (QED) is 0.668. The van der Waals surface area contributed by atoms with Gasteiger partial charge in [-0.15, -0.1) is 0 Å². The fourth-order valence-corrected chi connectivity index (χ4v) is 2.38. The van der Waals surface area contributed by atoms with Crippen molar-refractivity contribution >= 4 is 45.2 Å². The van der Waals surface area contributed by atoms with E-state index in [1.54, 1.807) is 6.07 Å². The average molecular weight is 370 g/mol. The molecule has 0 aliphatic rings. The number of aromatic amines is 1. The Hall–Kier alpha value is -1.87. The highest BCUT2D eigenvalue weighted by molar-refractivity contribution is 9.10. The van der Waals surface area contributed by atoms with E-state index in [4.69, 9.17) is 0 Å². The molecule has 1 aromatic carbocycles. The van der Waals surface area contributed by atoms with E-state index in [0.29, 0.717) is 10.8 Å². The number of H-pyrrole nitrogens is 1. The monoisotopic (exact) mass is 369 g/mol. The van der Waals surface area contributed by atoms with E-state index >= 15 is 0 Å². The van der Waals surface area contributed by atoms with E-state index in [9.17, 15) is 9.59 Å². The smallest absolute Gasteiger partial charge is 0.243 e. The van der Waals surface area contributed by atoms with Crippen LogP contribution in [0, 0.1) is 0 Å². The molecule has 3 N–H and O–H groups in total. The van der Waals surface area contributed by atoms with Gasteiger partial charge < -0.3 is 10.6 Å². The number of nitrogens with zero attached hydrogens (tertiary/aromatic N) is 2. The van der Waals surface area contributed by atoms with Crippen LogP contribution in [0.15, 0.2) is 40.2 Å². The number of rotatable bonds is 6. The summed E-state index contributed by atoms with van der Waals surface area (Å²) in [6.07, 6.45) is 1.37. The Morgan fingerprint density at radius 1 is 1.29 bits per heavy atom. The van der Waals surface area contributed by atoms with Crippen molar-refractivity contribution in [2.45, 2.75) is 5.16 Å². The highest BCUT2D eigenvalue weighted by atomic mass is 79.9. The predicted octanol–water partition coefficient (Wildman–Crippen LogP) is 1.41. The Morgan fingerprint density at radius 2 is 2.10 bits per heavy atom. The van der Waals surface area contributed by atoms with Gasteiger partial charge in [0.2, 0.25) is 11.8 Å². The van der Waals surface area contributed by atoms with Crippen LogP contribution < -0.4 is 10.6 Å². The number of anilines is 1. The van der Waals surface area contributed by atoms with E-state index in [2.05, 4.69) is 41.7 Å². The lowest BCUT2D eigenvalue weighted by atomic mass is 10.3. The topological polar surface area (TPSA) is 99.8 Å². The largest absolute Gasteiger partial charge is 0.346 e. The Morgan fingerprint density at radius 3 is 2.81 bits per heavy atom. The summed E-state index contributed by atoms with van der Waals surface area (Å²) < 4.78 is 0.783. The SMILES string of the molecule is O=C(CSc1ncn[nH]1)NCC(=O)Nc1ccccc1Br. The van der Waals surface area contributed by atoms with Crippen LogP contribution >= 0.6 is 27.7 Å². The van der Waals surface area contributed by atoms with Crippen molar-refractivity contribution < 1.29 is 9.59 Å². The third-order valence-corrected chi connectivity index (χ3v) is 3.90. The summed E-state index contributed by atoms with van der Waals surface area (Å²) >= 11 is 4.54. The molecule has 0 fully saturated rings. The molecule has 0 radical (unpaired) electrons. The van der Waals surface area contributed by atoms with Gasteiger partial charge in [0, 0.05) is 4.47 Å². The molecule has 0 aliphatic carbocycles. The number of halogens is 1. The molecular formula is C12H12BrN5O2S. The van der Waals surface area contributed by atoms with Gasteiger partial charge in [0.15, 0.2) is 5.16 Å². The molecule has 0 saturated carbocycles. The zero-order chi connectivity index (χ0) is 15.1. The first-order valence-corrected chi connectivity index (χ1v) is 7.72. The molecule has 2 rings (SSSR count). The van der Waals surface area contributed by atoms with Crippen LogP contribution in [-0.2, 0) is 9.59 Å². The van der Waals surface area contributed by atoms with E-state index < -0.39 is 0 Å². The summed E-state index contributed by atoms with van der Waals surface area (Å²) in [6.45, 7) is -0.0862. The standard InChI is InChI=1S/C12H12BrN5O2S/c13-8-3-1-2-4-9(8)17-10(19)5-14-11(20)6-21-12-15-7-16-18-12/h1-4,7H,5-6H2,(H,14,20)(H,17,19)(H,15,16,18). The minimum Gasteiger partial charge on any atom is -0.346 e. The van der Waals surface area contributed by atoms with Crippen LogP contribution in [-0.4, -0.2) is 39.3 Å². The third kappa shape index (κ3) is 5.20. The Labute approximate surface area is 133 Å². The van der Waals surface area contributed by atoms with Crippen LogP contribution in [0.2, 0.25) is 0 Å². The number of hydrogen-bond donors (Lipinski definition) is 3. The van der Waals surface area contributed by atoms with Crippen molar-refractivity contribution in [1.82, 2.24) is 20.5 Å². The van der Waals surface area contributed by atoms with Gasteiger partial charge in [0.1, 0.15) is 6.33 Å². The average Bonchev–Trinajstić information content (AvgIpc) is 2.99. The molecule has 0 atom stereocenters. The lowest BCUT2D eigenvalue weighted by Gasteiger charge is -2.08. The van der Waals surface area contributed by atoms with Crippen molar-refractivity contribution in [3.8, 4) is 0 Å². The zero-order valence-corrected chi connectivity index (χ0v) is 13.2. The second-order valence-electron chi connectivity index (χ2n) is 3.88. The van der Waals surface area contributed by atoms with Crippen molar-refractivity contribution in [3.63, 3.8) is 0 Å². The van der Waals surface area contributed by atoms with E-state index in [0.717, 1.165) is 4.47 Å². The molecule has 21 heavy (non-hydrogen) atoms. The highest BCUT2D eigenvalue weighted by Crippen LogP contribution is 2.20. The molecule has 0 saturated heterocycles. The minimum atomic E-state index is -0.292. The number of aromatic nitrogens is 3. The normalized spacial score (nSPS) is 10.1. The Bertz CT molecular complexity index is 620. The molecule has 2 amide bonds. The van der Waals surface area contributed by atoms with Gasteiger partial charge in [-0.1, -0.05) is 23.9 Å². The maximum Gasteiger partial charge on any atom is 0.243 e. The fourth-order valence-electron chi connectivity index (χ4n) is 1.38. The second kappa shape index (κ2) is 7.79. The number of carbonyl (C=O) groups excluding carboxylic acids is 2. The highest BCUT2D eigenvalue weighted by Gasteiger charge is 2.08. The predicted molar refractivity (Wildman–Crippen MR) is 82.9 cm³/mol. The van der Waals surface area contributed by atoms with Crippen LogP contribution in [0.1, 0.15) is 0 Å². The molecular weight excluding hydrogens is 358 g/mol. The molecule has 1 aromatic heterocycles. The number of para-hydroxylation sites is 1. The molecule has 7 nitrogen and oxygen atoms in total. The second-order valence-corrected chi connectivity index (χ2v) is 5.70. The summed E-state index contributed by atoms with van der Waals surface area (Å²) in [5.74, 6) is -0.379. The number of amides is 2. The van der Waals surface area contributed by atoms with Gasteiger partial charge in [-0.05, 0) is 28.1 Å². The summed E-state index contributed by atoms with van der Waals surface area (Å²) in [7, 11) is 0. The number of carbonyl (C=O) groups is 2. The first kappa shape index (κ1) is 15.5. The molecule has 110 valence electrons. The van der Waals surface area contributed by atoms with E-state index in [1.165, 1.54) is 18.1 Å². The Kier molecular flexibility index (Phi) is 5.76.